The molecule has 0 spiro atoms. The van der Waals surface area contributed by atoms with Gasteiger partial charge >= 0.3 is 7.60 Å². The molecule has 0 amide bonds. The first-order chi connectivity index (χ1) is 9.05. The summed E-state index contributed by atoms with van der Waals surface area (Å²) in [5, 5.41) is 9.13. The quantitative estimate of drug-likeness (QED) is 0.823. The standard InChI is InChI=1S/C14H15O4P/c15-14-8-6-12(7-9-14)10-18-19(16,17)11-13-4-2-1-3-5-13/h1-9,15H,10-11H2,(H,16,17). The fourth-order valence-corrected chi connectivity index (χ4v) is 2.74. The SMILES string of the molecule is O=P(O)(Cc1ccccc1)OCc1ccc(O)cc1. The minimum absolute atomic E-state index is 0.00801. The van der Waals surface area contributed by atoms with Gasteiger partial charge in [0.05, 0.1) is 12.8 Å². The zero-order valence-corrected chi connectivity index (χ0v) is 11.2. The predicted octanol–water partition coefficient (Wildman–Crippen LogP) is 3.29. The van der Waals surface area contributed by atoms with Gasteiger partial charge in [-0.2, -0.15) is 0 Å². The Balaban J connectivity index is 1.94. The van der Waals surface area contributed by atoms with E-state index in [2.05, 4.69) is 0 Å². The highest BCUT2D eigenvalue weighted by molar-refractivity contribution is 7.51. The average Bonchev–Trinajstić information content (AvgIpc) is 2.39. The van der Waals surface area contributed by atoms with E-state index in [-0.39, 0.29) is 18.5 Å². The highest BCUT2D eigenvalue weighted by atomic mass is 31.2. The lowest BCUT2D eigenvalue weighted by Crippen LogP contribution is -1.94. The molecule has 0 aromatic heterocycles. The van der Waals surface area contributed by atoms with Gasteiger partial charge in [0, 0.05) is 0 Å². The molecule has 0 radical (unpaired) electrons. The molecule has 19 heavy (non-hydrogen) atoms. The number of aromatic hydroxyl groups is 1. The first kappa shape index (κ1) is 13.8. The number of phenols is 1. The molecule has 2 rings (SSSR count). The Morgan fingerprint density at radius 1 is 0.947 bits per heavy atom. The molecule has 0 saturated heterocycles. The highest BCUT2D eigenvalue weighted by Crippen LogP contribution is 2.46. The topological polar surface area (TPSA) is 66.8 Å². The first-order valence-electron chi connectivity index (χ1n) is 5.83. The molecule has 0 heterocycles. The summed E-state index contributed by atoms with van der Waals surface area (Å²) in [5.74, 6) is 0.153. The predicted molar refractivity (Wildman–Crippen MR) is 72.9 cm³/mol. The number of hydrogen-bond donors (Lipinski definition) is 2. The number of phenolic OH excluding ortho intramolecular Hbond substituents is 1. The molecule has 0 bridgehead atoms. The van der Waals surface area contributed by atoms with Crippen LogP contribution in [0.4, 0.5) is 0 Å². The Hall–Kier alpha value is -1.61. The van der Waals surface area contributed by atoms with Gasteiger partial charge in [0.25, 0.3) is 0 Å². The summed E-state index contributed by atoms with van der Waals surface area (Å²) in [6, 6.07) is 15.4. The molecular weight excluding hydrogens is 263 g/mol. The molecule has 1 unspecified atom stereocenters. The van der Waals surface area contributed by atoms with E-state index in [4.69, 9.17) is 9.63 Å². The Bertz CT molecular complexity index is 566. The van der Waals surface area contributed by atoms with Gasteiger partial charge < -0.3 is 14.5 Å². The zero-order chi connectivity index (χ0) is 13.7. The van der Waals surface area contributed by atoms with Gasteiger partial charge in [0.2, 0.25) is 0 Å². The van der Waals surface area contributed by atoms with Crippen molar-refractivity contribution in [2.45, 2.75) is 12.8 Å². The summed E-state index contributed by atoms with van der Waals surface area (Å²) >= 11 is 0. The molecule has 2 aromatic rings. The molecule has 0 saturated carbocycles. The van der Waals surface area contributed by atoms with Crippen LogP contribution >= 0.6 is 7.60 Å². The van der Waals surface area contributed by atoms with Crippen LogP contribution in [0, 0.1) is 0 Å². The molecule has 0 aliphatic carbocycles. The molecular formula is C14H15O4P. The van der Waals surface area contributed by atoms with E-state index in [1.165, 1.54) is 12.1 Å². The van der Waals surface area contributed by atoms with Gasteiger partial charge in [0.15, 0.2) is 0 Å². The van der Waals surface area contributed by atoms with E-state index in [0.29, 0.717) is 0 Å². The summed E-state index contributed by atoms with van der Waals surface area (Å²) in [5.41, 5.74) is 1.50. The third kappa shape index (κ3) is 4.52. The maximum atomic E-state index is 11.9. The fourth-order valence-electron chi connectivity index (χ4n) is 1.63. The van der Waals surface area contributed by atoms with E-state index >= 15 is 0 Å². The first-order valence-corrected chi connectivity index (χ1v) is 7.60. The normalized spacial score (nSPS) is 13.9. The van der Waals surface area contributed by atoms with Gasteiger partial charge in [-0.25, -0.2) is 0 Å². The Morgan fingerprint density at radius 2 is 1.58 bits per heavy atom. The fraction of sp³-hybridized carbons (Fsp3) is 0.143. The lowest BCUT2D eigenvalue weighted by molar-refractivity contribution is 0.249. The van der Waals surface area contributed by atoms with Crippen molar-refractivity contribution in [2.75, 3.05) is 0 Å². The van der Waals surface area contributed by atoms with E-state index in [9.17, 15) is 9.46 Å². The van der Waals surface area contributed by atoms with Crippen LogP contribution in [0.5, 0.6) is 5.75 Å². The van der Waals surface area contributed by atoms with Gasteiger partial charge in [0.1, 0.15) is 5.75 Å². The summed E-state index contributed by atoms with van der Waals surface area (Å²) < 4.78 is 17.0. The molecule has 5 heteroatoms. The number of benzene rings is 2. The third-order valence-corrected chi connectivity index (χ3v) is 3.89. The maximum Gasteiger partial charge on any atom is 0.332 e. The minimum atomic E-state index is -3.65. The van der Waals surface area contributed by atoms with Crippen LogP contribution in [0.1, 0.15) is 11.1 Å². The van der Waals surface area contributed by atoms with E-state index in [1.807, 2.05) is 18.2 Å². The van der Waals surface area contributed by atoms with Crippen molar-refractivity contribution in [1.82, 2.24) is 0 Å². The summed E-state index contributed by atoms with van der Waals surface area (Å²) in [7, 11) is -3.65. The zero-order valence-electron chi connectivity index (χ0n) is 10.3. The Morgan fingerprint density at radius 3 is 2.21 bits per heavy atom. The summed E-state index contributed by atoms with van der Waals surface area (Å²) in [6.45, 7) is 0.0426. The highest BCUT2D eigenvalue weighted by Gasteiger charge is 2.19. The summed E-state index contributed by atoms with van der Waals surface area (Å²) in [4.78, 5) is 9.77. The van der Waals surface area contributed by atoms with Crippen LogP contribution < -0.4 is 0 Å². The van der Waals surface area contributed by atoms with Crippen LogP contribution in [0.3, 0.4) is 0 Å². The van der Waals surface area contributed by atoms with E-state index < -0.39 is 7.60 Å². The van der Waals surface area contributed by atoms with Crippen molar-refractivity contribution >= 4 is 7.60 Å². The van der Waals surface area contributed by atoms with Crippen molar-refractivity contribution in [3.63, 3.8) is 0 Å². The van der Waals surface area contributed by atoms with Crippen LogP contribution in [-0.2, 0) is 21.9 Å². The molecule has 0 aliphatic heterocycles. The van der Waals surface area contributed by atoms with Crippen LogP contribution in [0.25, 0.3) is 0 Å². The van der Waals surface area contributed by atoms with Crippen molar-refractivity contribution in [2.24, 2.45) is 0 Å². The van der Waals surface area contributed by atoms with Crippen LogP contribution in [0.2, 0.25) is 0 Å². The number of rotatable bonds is 5. The monoisotopic (exact) mass is 278 g/mol. The minimum Gasteiger partial charge on any atom is -0.508 e. The maximum absolute atomic E-state index is 11.9. The summed E-state index contributed by atoms with van der Waals surface area (Å²) in [6.07, 6.45) is -0.00801. The van der Waals surface area contributed by atoms with E-state index in [0.717, 1.165) is 11.1 Å². The van der Waals surface area contributed by atoms with Gasteiger partial charge in [-0.05, 0) is 23.3 Å². The molecule has 2 aromatic carbocycles. The molecule has 2 N–H and O–H groups in total. The second-order valence-electron chi connectivity index (χ2n) is 4.22. The van der Waals surface area contributed by atoms with Crippen LogP contribution in [0.15, 0.2) is 54.6 Å². The van der Waals surface area contributed by atoms with Gasteiger partial charge in [-0.15, -0.1) is 0 Å². The second-order valence-corrected chi connectivity index (χ2v) is 6.07. The largest absolute Gasteiger partial charge is 0.508 e. The van der Waals surface area contributed by atoms with Crippen molar-refractivity contribution in [1.29, 1.82) is 0 Å². The van der Waals surface area contributed by atoms with Crippen molar-refractivity contribution in [3.8, 4) is 5.75 Å². The third-order valence-electron chi connectivity index (χ3n) is 2.59. The molecule has 1 atom stereocenters. The average molecular weight is 278 g/mol. The van der Waals surface area contributed by atoms with Gasteiger partial charge in [-0.3, -0.25) is 4.57 Å². The van der Waals surface area contributed by atoms with Crippen molar-refractivity contribution < 1.29 is 19.1 Å². The second kappa shape index (κ2) is 6.02. The van der Waals surface area contributed by atoms with Gasteiger partial charge in [-0.1, -0.05) is 42.5 Å². The van der Waals surface area contributed by atoms with Crippen molar-refractivity contribution in [3.05, 3.63) is 65.7 Å². The molecule has 0 fully saturated rings. The lowest BCUT2D eigenvalue weighted by atomic mass is 10.2. The van der Waals surface area contributed by atoms with Crippen LogP contribution in [-0.4, -0.2) is 10.00 Å². The lowest BCUT2D eigenvalue weighted by Gasteiger charge is -2.12. The molecule has 0 aliphatic rings. The molecule has 100 valence electrons. The Labute approximate surface area is 111 Å². The smallest absolute Gasteiger partial charge is 0.332 e. The molecule has 4 nitrogen and oxygen atoms in total. The number of hydrogen-bond acceptors (Lipinski definition) is 3. The Kier molecular flexibility index (Phi) is 4.38. The van der Waals surface area contributed by atoms with E-state index in [1.54, 1.807) is 24.3 Å².